The van der Waals surface area contributed by atoms with Crippen LogP contribution in [0.15, 0.2) is 29.1 Å². The van der Waals surface area contributed by atoms with Crippen LogP contribution in [0.25, 0.3) is 10.2 Å². The molecular formula is C11H12N2O2S. The zero-order valence-corrected chi connectivity index (χ0v) is 9.88. The molecule has 0 aliphatic heterocycles. The Balaban J connectivity index is 2.64. The first-order valence-electron chi connectivity index (χ1n) is 4.87. The number of hydrogen-bond acceptors (Lipinski definition) is 4. The van der Waals surface area contributed by atoms with Crippen molar-refractivity contribution in [2.45, 2.75) is 13.0 Å². The summed E-state index contributed by atoms with van der Waals surface area (Å²) in [5.74, 6) is 0.0886. The summed E-state index contributed by atoms with van der Waals surface area (Å²) >= 11 is 1.19. The molecule has 0 fully saturated rings. The summed E-state index contributed by atoms with van der Waals surface area (Å²) in [6, 6.07) is 7.20. The van der Waals surface area contributed by atoms with Gasteiger partial charge in [0.1, 0.15) is 6.04 Å². The molecule has 1 heterocycles. The molecule has 2 aromatic rings. The molecule has 1 atom stereocenters. The van der Waals surface area contributed by atoms with Gasteiger partial charge >= 0.3 is 4.87 Å². The highest BCUT2D eigenvalue weighted by Gasteiger charge is 2.17. The SMILES string of the molecule is COC(=N)C(C)n1c(=O)sc2ccccc21. The number of para-hydroxylation sites is 1. The van der Waals surface area contributed by atoms with E-state index in [1.54, 1.807) is 11.5 Å². The number of methoxy groups -OCH3 is 1. The molecule has 1 unspecified atom stereocenters. The molecule has 0 saturated heterocycles. The Hall–Kier alpha value is -1.62. The topological polar surface area (TPSA) is 55.1 Å². The van der Waals surface area contributed by atoms with Gasteiger partial charge in [-0.2, -0.15) is 0 Å². The molecule has 0 radical (unpaired) electrons. The van der Waals surface area contributed by atoms with E-state index in [0.29, 0.717) is 0 Å². The third kappa shape index (κ3) is 1.63. The highest BCUT2D eigenvalue weighted by Crippen LogP contribution is 2.20. The first-order chi connectivity index (χ1) is 7.65. The Kier molecular flexibility index (Phi) is 2.78. The van der Waals surface area contributed by atoms with E-state index in [-0.39, 0.29) is 16.8 Å². The third-order valence-corrected chi connectivity index (χ3v) is 3.44. The van der Waals surface area contributed by atoms with Crippen LogP contribution in [0.2, 0.25) is 0 Å². The van der Waals surface area contributed by atoms with Gasteiger partial charge in [0, 0.05) is 0 Å². The summed E-state index contributed by atoms with van der Waals surface area (Å²) in [6.07, 6.45) is 0. The van der Waals surface area contributed by atoms with Crippen molar-refractivity contribution in [2.24, 2.45) is 0 Å². The molecule has 0 amide bonds. The molecule has 1 aromatic carbocycles. The highest BCUT2D eigenvalue weighted by molar-refractivity contribution is 7.16. The van der Waals surface area contributed by atoms with E-state index < -0.39 is 0 Å². The number of nitrogens with zero attached hydrogens (tertiary/aromatic N) is 1. The van der Waals surface area contributed by atoms with Crippen molar-refractivity contribution < 1.29 is 4.74 Å². The number of thiazole rings is 1. The highest BCUT2D eigenvalue weighted by atomic mass is 32.1. The number of ether oxygens (including phenoxy) is 1. The van der Waals surface area contributed by atoms with Gasteiger partial charge in [0.05, 0.1) is 17.3 Å². The van der Waals surface area contributed by atoms with E-state index in [2.05, 4.69) is 0 Å². The van der Waals surface area contributed by atoms with Crippen LogP contribution >= 0.6 is 11.3 Å². The monoisotopic (exact) mass is 236 g/mol. The molecule has 16 heavy (non-hydrogen) atoms. The molecule has 1 aromatic heterocycles. The molecule has 2 rings (SSSR count). The van der Waals surface area contributed by atoms with E-state index in [9.17, 15) is 4.79 Å². The lowest BCUT2D eigenvalue weighted by molar-refractivity contribution is 0.365. The lowest BCUT2D eigenvalue weighted by Crippen LogP contribution is -2.24. The average Bonchev–Trinajstić information content (AvgIpc) is 2.63. The number of rotatable bonds is 2. The first kappa shape index (κ1) is 10.9. The normalized spacial score (nSPS) is 12.6. The van der Waals surface area contributed by atoms with Gasteiger partial charge in [0.2, 0.25) is 5.90 Å². The van der Waals surface area contributed by atoms with Crippen LogP contribution in [0.4, 0.5) is 0 Å². The molecule has 5 heteroatoms. The van der Waals surface area contributed by atoms with Gasteiger partial charge in [-0.3, -0.25) is 14.8 Å². The standard InChI is InChI=1S/C11H12N2O2S/c1-7(10(12)15-2)13-8-5-3-4-6-9(8)16-11(13)14/h3-7,12H,1-2H3. The largest absolute Gasteiger partial charge is 0.483 e. The number of hydrogen-bond donors (Lipinski definition) is 1. The Bertz CT molecular complexity index is 585. The number of nitrogens with one attached hydrogen (secondary N) is 1. The van der Waals surface area contributed by atoms with Crippen molar-refractivity contribution in [3.05, 3.63) is 33.9 Å². The predicted molar refractivity (Wildman–Crippen MR) is 65.5 cm³/mol. The summed E-state index contributed by atoms with van der Waals surface area (Å²) in [7, 11) is 1.44. The fourth-order valence-corrected chi connectivity index (χ4v) is 2.60. The molecule has 0 bridgehead atoms. The van der Waals surface area contributed by atoms with Crippen LogP contribution in [0.1, 0.15) is 13.0 Å². The van der Waals surface area contributed by atoms with Crippen molar-refractivity contribution in [2.75, 3.05) is 7.11 Å². The van der Waals surface area contributed by atoms with E-state index >= 15 is 0 Å². The van der Waals surface area contributed by atoms with Crippen LogP contribution in [-0.4, -0.2) is 17.6 Å². The van der Waals surface area contributed by atoms with E-state index in [1.807, 2.05) is 24.3 Å². The van der Waals surface area contributed by atoms with Gasteiger partial charge < -0.3 is 4.74 Å². The quantitative estimate of drug-likeness (QED) is 0.642. The summed E-state index contributed by atoms with van der Waals surface area (Å²) in [5, 5.41) is 7.61. The van der Waals surface area contributed by atoms with Crippen molar-refractivity contribution >= 4 is 27.5 Å². The minimum atomic E-state index is -0.367. The van der Waals surface area contributed by atoms with Gasteiger partial charge in [-0.05, 0) is 19.1 Å². The Morgan fingerprint density at radius 1 is 1.50 bits per heavy atom. The van der Waals surface area contributed by atoms with Gasteiger partial charge in [0.25, 0.3) is 0 Å². The minimum Gasteiger partial charge on any atom is -0.483 e. The number of benzene rings is 1. The van der Waals surface area contributed by atoms with Gasteiger partial charge in [-0.25, -0.2) is 0 Å². The summed E-state index contributed by atoms with van der Waals surface area (Å²) in [4.78, 5) is 11.8. The molecule has 1 N–H and O–H groups in total. The van der Waals surface area contributed by atoms with E-state index in [4.69, 9.17) is 10.1 Å². The van der Waals surface area contributed by atoms with Crippen molar-refractivity contribution in [3.8, 4) is 0 Å². The fraction of sp³-hybridized carbons (Fsp3) is 0.273. The maximum Gasteiger partial charge on any atom is 0.308 e. The van der Waals surface area contributed by atoms with Gasteiger partial charge in [-0.15, -0.1) is 0 Å². The van der Waals surface area contributed by atoms with Crippen LogP contribution < -0.4 is 4.87 Å². The lowest BCUT2D eigenvalue weighted by Gasteiger charge is -2.13. The van der Waals surface area contributed by atoms with Crippen molar-refractivity contribution in [1.82, 2.24) is 4.57 Å². The maximum atomic E-state index is 11.8. The van der Waals surface area contributed by atoms with Crippen LogP contribution in [0.5, 0.6) is 0 Å². The molecule has 0 saturated carbocycles. The fourth-order valence-electron chi connectivity index (χ4n) is 1.64. The smallest absolute Gasteiger partial charge is 0.308 e. The predicted octanol–water partition coefficient (Wildman–Crippen LogP) is 2.25. The summed E-state index contributed by atoms with van der Waals surface area (Å²) < 4.78 is 7.39. The molecular weight excluding hydrogens is 224 g/mol. The van der Waals surface area contributed by atoms with Crippen LogP contribution in [0, 0.1) is 5.41 Å². The lowest BCUT2D eigenvalue weighted by atomic mass is 10.3. The maximum absolute atomic E-state index is 11.8. The Morgan fingerprint density at radius 3 is 2.88 bits per heavy atom. The van der Waals surface area contributed by atoms with E-state index in [0.717, 1.165) is 10.2 Å². The second kappa shape index (κ2) is 4.09. The van der Waals surface area contributed by atoms with Gasteiger partial charge in [0.15, 0.2) is 0 Å². The van der Waals surface area contributed by atoms with Crippen LogP contribution in [-0.2, 0) is 4.74 Å². The molecule has 0 aliphatic rings. The zero-order chi connectivity index (χ0) is 11.7. The molecule has 84 valence electrons. The molecule has 0 aliphatic carbocycles. The number of aromatic nitrogens is 1. The van der Waals surface area contributed by atoms with Crippen molar-refractivity contribution in [3.63, 3.8) is 0 Å². The Labute approximate surface area is 96.6 Å². The molecule has 4 nitrogen and oxygen atoms in total. The third-order valence-electron chi connectivity index (χ3n) is 2.51. The number of fused-ring (bicyclic) bond motifs is 1. The average molecular weight is 236 g/mol. The summed E-state index contributed by atoms with van der Waals surface area (Å²) in [5.41, 5.74) is 0.854. The van der Waals surface area contributed by atoms with Gasteiger partial charge in [-0.1, -0.05) is 23.5 Å². The zero-order valence-electron chi connectivity index (χ0n) is 9.06. The Morgan fingerprint density at radius 2 is 2.19 bits per heavy atom. The second-order valence-electron chi connectivity index (χ2n) is 3.45. The first-order valence-corrected chi connectivity index (χ1v) is 5.69. The van der Waals surface area contributed by atoms with Crippen LogP contribution in [0.3, 0.4) is 0 Å². The molecule has 0 spiro atoms. The van der Waals surface area contributed by atoms with E-state index in [1.165, 1.54) is 18.4 Å². The van der Waals surface area contributed by atoms with Crippen molar-refractivity contribution in [1.29, 1.82) is 5.41 Å². The minimum absolute atomic E-state index is 0.0597. The second-order valence-corrected chi connectivity index (χ2v) is 4.44. The summed E-state index contributed by atoms with van der Waals surface area (Å²) in [6.45, 7) is 1.78.